The van der Waals surface area contributed by atoms with Crippen molar-refractivity contribution in [1.29, 1.82) is 0 Å². The van der Waals surface area contributed by atoms with Crippen molar-refractivity contribution >= 4 is 11.9 Å². The summed E-state index contributed by atoms with van der Waals surface area (Å²) in [5, 5.41) is 4.24. The topological polar surface area (TPSA) is 89.3 Å². The molecule has 0 spiro atoms. The largest absolute Gasteiger partial charge is 0.403 e. The average Bonchev–Trinajstić information content (AvgIpc) is 2.54. The van der Waals surface area contributed by atoms with Crippen LogP contribution in [0.15, 0.2) is 16.9 Å². The van der Waals surface area contributed by atoms with Gasteiger partial charge in [-0.3, -0.25) is 4.79 Å². The Bertz CT molecular complexity index is 745. The zero-order valence-electron chi connectivity index (χ0n) is 15.6. The van der Waals surface area contributed by atoms with E-state index < -0.39 is 0 Å². The van der Waals surface area contributed by atoms with E-state index in [1.165, 1.54) is 16.8 Å². The molecule has 0 aliphatic carbocycles. The van der Waals surface area contributed by atoms with Gasteiger partial charge in [-0.2, -0.15) is 15.0 Å². The number of hydrogen-bond donors (Lipinski definition) is 0. The Morgan fingerprint density at radius 1 is 1.04 bits per heavy atom. The Labute approximate surface area is 147 Å². The smallest absolute Gasteiger partial charge is 0.330 e. The first-order valence-corrected chi connectivity index (χ1v) is 8.13. The van der Waals surface area contributed by atoms with Crippen LogP contribution in [-0.2, 0) is 6.54 Å². The fourth-order valence-corrected chi connectivity index (χ4v) is 1.90. The van der Waals surface area contributed by atoms with Crippen molar-refractivity contribution in [3.63, 3.8) is 0 Å². The van der Waals surface area contributed by atoms with Gasteiger partial charge in [-0.15, -0.1) is 5.10 Å². The number of hydrogen-bond acceptors (Lipinski definition) is 8. The van der Waals surface area contributed by atoms with Crippen molar-refractivity contribution in [2.45, 2.75) is 26.8 Å². The van der Waals surface area contributed by atoms with Gasteiger partial charge in [0.1, 0.15) is 0 Å². The van der Waals surface area contributed by atoms with Crippen LogP contribution in [0.1, 0.15) is 20.3 Å². The fourth-order valence-electron chi connectivity index (χ4n) is 1.90. The first-order chi connectivity index (χ1) is 11.8. The third kappa shape index (κ3) is 5.13. The normalized spacial score (nSPS) is 10.8. The second kappa shape index (κ2) is 7.91. The van der Waals surface area contributed by atoms with E-state index in [4.69, 9.17) is 4.74 Å². The van der Waals surface area contributed by atoms with Crippen LogP contribution in [0.5, 0.6) is 11.9 Å². The number of ether oxygens (including phenoxy) is 1. The monoisotopic (exact) mass is 347 g/mol. The molecule has 2 rings (SSSR count). The number of aromatic nitrogens is 5. The third-order valence-corrected chi connectivity index (χ3v) is 3.35. The zero-order chi connectivity index (χ0) is 18.6. The molecule has 0 N–H and O–H groups in total. The Hall–Kier alpha value is -2.71. The molecular weight excluding hydrogens is 322 g/mol. The molecule has 9 heteroatoms. The Kier molecular flexibility index (Phi) is 5.89. The van der Waals surface area contributed by atoms with Crippen LogP contribution in [-0.4, -0.2) is 52.9 Å². The van der Waals surface area contributed by atoms with Crippen LogP contribution in [0.4, 0.5) is 11.9 Å². The van der Waals surface area contributed by atoms with Crippen molar-refractivity contribution in [2.24, 2.45) is 5.92 Å². The van der Waals surface area contributed by atoms with Crippen molar-refractivity contribution in [2.75, 3.05) is 38.0 Å². The lowest BCUT2D eigenvalue weighted by atomic mass is 10.1. The van der Waals surface area contributed by atoms with E-state index in [0.29, 0.717) is 24.4 Å². The van der Waals surface area contributed by atoms with Crippen molar-refractivity contribution < 1.29 is 4.74 Å². The lowest BCUT2D eigenvalue weighted by Crippen LogP contribution is -2.23. The SMILES string of the molecule is CC(C)CCn1nc(Oc2nc(N(C)C)nc(N(C)C)n2)ccc1=O. The summed E-state index contributed by atoms with van der Waals surface area (Å²) in [6.45, 7) is 4.74. The highest BCUT2D eigenvalue weighted by molar-refractivity contribution is 5.38. The van der Waals surface area contributed by atoms with Gasteiger partial charge in [0.15, 0.2) is 0 Å². The van der Waals surface area contributed by atoms with Gasteiger partial charge in [0.2, 0.25) is 17.8 Å². The molecule has 0 fully saturated rings. The molecule has 0 bridgehead atoms. The maximum atomic E-state index is 11.9. The quantitative estimate of drug-likeness (QED) is 0.742. The van der Waals surface area contributed by atoms with Crippen LogP contribution in [0, 0.1) is 5.92 Å². The first kappa shape index (κ1) is 18.6. The van der Waals surface area contributed by atoms with Gasteiger partial charge in [-0.25, -0.2) is 4.68 Å². The summed E-state index contributed by atoms with van der Waals surface area (Å²) in [5.41, 5.74) is -0.161. The minimum atomic E-state index is -0.161. The minimum Gasteiger partial charge on any atom is -0.403 e. The molecule has 0 aliphatic heterocycles. The van der Waals surface area contributed by atoms with E-state index in [9.17, 15) is 4.79 Å². The molecule has 9 nitrogen and oxygen atoms in total. The molecule has 0 unspecified atom stereocenters. The van der Waals surface area contributed by atoms with Gasteiger partial charge in [0, 0.05) is 46.9 Å². The average molecular weight is 347 g/mol. The van der Waals surface area contributed by atoms with Gasteiger partial charge in [0.25, 0.3) is 5.56 Å². The molecular formula is C16H25N7O2. The fraction of sp³-hybridized carbons (Fsp3) is 0.562. The summed E-state index contributed by atoms with van der Waals surface area (Å²) in [6, 6.07) is 3.08. The molecule has 0 saturated heterocycles. The Morgan fingerprint density at radius 2 is 1.64 bits per heavy atom. The molecule has 0 saturated carbocycles. The van der Waals surface area contributed by atoms with E-state index in [2.05, 4.69) is 33.9 Å². The van der Waals surface area contributed by atoms with Gasteiger partial charge in [-0.1, -0.05) is 13.8 Å². The second-order valence-corrected chi connectivity index (χ2v) is 6.52. The maximum Gasteiger partial charge on any atom is 0.330 e. The van der Waals surface area contributed by atoms with Crippen LogP contribution in [0.3, 0.4) is 0 Å². The molecule has 0 atom stereocenters. The zero-order valence-corrected chi connectivity index (χ0v) is 15.6. The molecule has 0 amide bonds. The summed E-state index contributed by atoms with van der Waals surface area (Å²) in [5.74, 6) is 1.69. The molecule has 0 aliphatic rings. The van der Waals surface area contributed by atoms with Crippen molar-refractivity contribution in [3.8, 4) is 11.9 Å². The summed E-state index contributed by atoms with van der Waals surface area (Å²) in [4.78, 5) is 28.3. The van der Waals surface area contributed by atoms with E-state index in [1.54, 1.807) is 9.80 Å². The van der Waals surface area contributed by atoms with Gasteiger partial charge < -0.3 is 14.5 Å². The lowest BCUT2D eigenvalue weighted by Gasteiger charge is -2.16. The predicted molar refractivity (Wildman–Crippen MR) is 96.5 cm³/mol. The summed E-state index contributed by atoms with van der Waals surface area (Å²) in [6.07, 6.45) is 0.859. The predicted octanol–water partition coefficient (Wildman–Crippen LogP) is 1.40. The standard InChI is InChI=1S/C16H25N7O2/c1-11(2)9-10-23-13(24)8-7-12(20-23)25-16-18-14(21(3)4)17-15(19-16)22(5)6/h7-8,11H,9-10H2,1-6H3. The Morgan fingerprint density at radius 3 is 2.16 bits per heavy atom. The number of rotatable bonds is 7. The van der Waals surface area contributed by atoms with E-state index >= 15 is 0 Å². The second-order valence-electron chi connectivity index (χ2n) is 6.52. The molecule has 2 aromatic rings. The molecule has 2 heterocycles. The van der Waals surface area contributed by atoms with E-state index in [0.717, 1.165) is 6.42 Å². The van der Waals surface area contributed by atoms with E-state index in [-0.39, 0.29) is 17.4 Å². The molecule has 2 aromatic heterocycles. The Balaban J connectivity index is 2.29. The summed E-state index contributed by atoms with van der Waals surface area (Å²) < 4.78 is 7.08. The van der Waals surface area contributed by atoms with Gasteiger partial charge in [-0.05, 0) is 12.3 Å². The van der Waals surface area contributed by atoms with E-state index in [1.807, 2.05) is 28.2 Å². The highest BCUT2D eigenvalue weighted by Crippen LogP contribution is 2.19. The minimum absolute atomic E-state index is 0.129. The highest BCUT2D eigenvalue weighted by Gasteiger charge is 2.12. The van der Waals surface area contributed by atoms with Crippen molar-refractivity contribution in [3.05, 3.63) is 22.5 Å². The first-order valence-electron chi connectivity index (χ1n) is 8.13. The third-order valence-electron chi connectivity index (χ3n) is 3.35. The summed E-state index contributed by atoms with van der Waals surface area (Å²) in [7, 11) is 7.34. The lowest BCUT2D eigenvalue weighted by molar-refractivity contribution is 0.388. The number of nitrogens with zero attached hydrogens (tertiary/aromatic N) is 7. The van der Waals surface area contributed by atoms with Crippen LogP contribution >= 0.6 is 0 Å². The highest BCUT2D eigenvalue weighted by atomic mass is 16.5. The molecule has 0 aromatic carbocycles. The van der Waals surface area contributed by atoms with Crippen LogP contribution in [0.25, 0.3) is 0 Å². The van der Waals surface area contributed by atoms with Gasteiger partial charge >= 0.3 is 6.01 Å². The maximum absolute atomic E-state index is 11.9. The molecule has 0 radical (unpaired) electrons. The van der Waals surface area contributed by atoms with Crippen LogP contribution in [0.2, 0.25) is 0 Å². The molecule has 136 valence electrons. The van der Waals surface area contributed by atoms with Gasteiger partial charge in [0.05, 0.1) is 0 Å². The number of anilines is 2. The van der Waals surface area contributed by atoms with Crippen LogP contribution < -0.4 is 20.1 Å². The molecule has 25 heavy (non-hydrogen) atoms. The number of aryl methyl sites for hydroxylation is 1. The summed E-state index contributed by atoms with van der Waals surface area (Å²) >= 11 is 0. The van der Waals surface area contributed by atoms with Crippen molar-refractivity contribution in [1.82, 2.24) is 24.7 Å².